The summed E-state index contributed by atoms with van der Waals surface area (Å²) in [5.41, 5.74) is 0. The van der Waals surface area contributed by atoms with Crippen LogP contribution in [0.25, 0.3) is 0 Å². The third kappa shape index (κ3) is 16.3. The number of carbonyl (C=O) groups excluding carboxylic acids is 1. The average molecular weight is 380 g/mol. The summed E-state index contributed by atoms with van der Waals surface area (Å²) in [5, 5.41) is 0. The molecule has 0 atom stereocenters. The molecule has 0 radical (unpaired) electrons. The zero-order valence-corrected chi connectivity index (χ0v) is 18.6. The largest absolute Gasteiger partial charge is 0.303 e. The fraction of sp³-hybridized carbons (Fsp3) is 0.960. The van der Waals surface area contributed by atoms with E-state index >= 15 is 0 Å². The van der Waals surface area contributed by atoms with Crippen LogP contribution in [0.5, 0.6) is 0 Å². The van der Waals surface area contributed by atoms with Gasteiger partial charge in [0.25, 0.3) is 0 Å². The van der Waals surface area contributed by atoms with Crippen molar-refractivity contribution < 1.29 is 4.79 Å². The van der Waals surface area contributed by atoms with Gasteiger partial charge in [-0.3, -0.25) is 4.79 Å². The lowest BCUT2D eigenvalue weighted by Crippen LogP contribution is -2.29. The molecule has 0 bridgehead atoms. The summed E-state index contributed by atoms with van der Waals surface area (Å²) in [5.74, 6) is 0.500. The lowest BCUT2D eigenvalue weighted by atomic mass is 10.0. The zero-order chi connectivity index (χ0) is 19.4. The van der Waals surface area contributed by atoms with Crippen LogP contribution in [-0.4, -0.2) is 30.3 Å². The summed E-state index contributed by atoms with van der Waals surface area (Å²) in [4.78, 5) is 14.6. The van der Waals surface area contributed by atoms with Gasteiger partial charge in [0.05, 0.1) is 0 Å². The lowest BCUT2D eigenvalue weighted by molar-refractivity contribution is -0.119. The van der Waals surface area contributed by atoms with Crippen LogP contribution in [0, 0.1) is 0 Å². The van der Waals surface area contributed by atoms with E-state index in [9.17, 15) is 4.79 Å². The first-order chi connectivity index (χ1) is 13.3. The summed E-state index contributed by atoms with van der Waals surface area (Å²) >= 11 is 0. The van der Waals surface area contributed by atoms with E-state index in [0.717, 1.165) is 25.8 Å². The quantitative estimate of drug-likeness (QED) is 0.241. The molecule has 0 aliphatic carbocycles. The van der Waals surface area contributed by atoms with Gasteiger partial charge in [0, 0.05) is 19.4 Å². The van der Waals surface area contributed by atoms with Crippen LogP contribution < -0.4 is 0 Å². The monoisotopic (exact) mass is 379 g/mol. The van der Waals surface area contributed by atoms with E-state index in [1.165, 1.54) is 122 Å². The lowest BCUT2D eigenvalue weighted by Gasteiger charge is -2.24. The second kappa shape index (κ2) is 19.0. The van der Waals surface area contributed by atoms with Crippen molar-refractivity contribution in [2.45, 2.75) is 135 Å². The average Bonchev–Trinajstić information content (AvgIpc) is 2.64. The smallest absolute Gasteiger partial charge is 0.134 e. The van der Waals surface area contributed by atoms with Crippen molar-refractivity contribution in [2.24, 2.45) is 0 Å². The Bertz CT molecular complexity index is 320. The second-order valence-corrected chi connectivity index (χ2v) is 8.89. The first-order valence-electron chi connectivity index (χ1n) is 12.6. The molecule has 1 heterocycles. The van der Waals surface area contributed by atoms with Crippen LogP contribution in [0.2, 0.25) is 0 Å². The fourth-order valence-corrected chi connectivity index (χ4v) is 4.28. The highest BCUT2D eigenvalue weighted by Crippen LogP contribution is 2.14. The van der Waals surface area contributed by atoms with E-state index < -0.39 is 0 Å². The van der Waals surface area contributed by atoms with Gasteiger partial charge in [-0.1, -0.05) is 103 Å². The number of ketones is 1. The summed E-state index contributed by atoms with van der Waals surface area (Å²) in [6.07, 6.45) is 26.3. The molecule has 0 unspecified atom stereocenters. The standard InChI is InChI=1S/C25H49NO/c1-2-3-4-5-6-7-8-9-10-11-12-14-17-20-25(27)21-24-26-22-18-15-13-16-19-23-26/h2-24H2,1H3. The first-order valence-corrected chi connectivity index (χ1v) is 12.6. The maximum Gasteiger partial charge on any atom is 0.134 e. The molecule has 0 aromatic heterocycles. The van der Waals surface area contributed by atoms with Crippen molar-refractivity contribution in [3.8, 4) is 0 Å². The van der Waals surface area contributed by atoms with Crippen LogP contribution in [0.15, 0.2) is 0 Å². The van der Waals surface area contributed by atoms with Gasteiger partial charge in [0.15, 0.2) is 0 Å². The molecule has 0 amide bonds. The number of unbranched alkanes of at least 4 members (excludes halogenated alkanes) is 12. The topological polar surface area (TPSA) is 20.3 Å². The van der Waals surface area contributed by atoms with Crippen LogP contribution in [0.3, 0.4) is 0 Å². The van der Waals surface area contributed by atoms with E-state index in [1.54, 1.807) is 0 Å². The number of hydrogen-bond acceptors (Lipinski definition) is 2. The normalized spacial score (nSPS) is 16.2. The molecule has 0 aromatic carbocycles. The molecule has 1 fully saturated rings. The van der Waals surface area contributed by atoms with Crippen LogP contribution in [0.1, 0.15) is 135 Å². The Kier molecular flexibility index (Phi) is 17.3. The predicted molar refractivity (Wildman–Crippen MR) is 119 cm³/mol. The molecule has 0 spiro atoms. The molecule has 0 aromatic rings. The molecule has 2 nitrogen and oxygen atoms in total. The van der Waals surface area contributed by atoms with E-state index in [1.807, 2.05) is 0 Å². The minimum absolute atomic E-state index is 0.500. The van der Waals surface area contributed by atoms with Gasteiger partial charge in [0.2, 0.25) is 0 Å². The summed E-state index contributed by atoms with van der Waals surface area (Å²) in [6, 6.07) is 0. The fourth-order valence-electron chi connectivity index (χ4n) is 4.28. The third-order valence-corrected chi connectivity index (χ3v) is 6.21. The number of likely N-dealkylation sites (tertiary alicyclic amines) is 1. The zero-order valence-electron chi connectivity index (χ0n) is 18.6. The molecule has 27 heavy (non-hydrogen) atoms. The van der Waals surface area contributed by atoms with Gasteiger partial charge >= 0.3 is 0 Å². The van der Waals surface area contributed by atoms with Crippen molar-refractivity contribution in [3.63, 3.8) is 0 Å². The molecule has 160 valence electrons. The Morgan fingerprint density at radius 2 is 1.04 bits per heavy atom. The highest BCUT2D eigenvalue weighted by atomic mass is 16.1. The van der Waals surface area contributed by atoms with Gasteiger partial charge in [-0.15, -0.1) is 0 Å². The van der Waals surface area contributed by atoms with Crippen LogP contribution in [0.4, 0.5) is 0 Å². The Morgan fingerprint density at radius 3 is 1.56 bits per heavy atom. The van der Waals surface area contributed by atoms with E-state index in [-0.39, 0.29) is 0 Å². The Balaban J connectivity index is 1.81. The Morgan fingerprint density at radius 1 is 0.593 bits per heavy atom. The number of nitrogens with zero attached hydrogens (tertiary/aromatic N) is 1. The van der Waals surface area contributed by atoms with Crippen molar-refractivity contribution in [3.05, 3.63) is 0 Å². The molecule has 1 aliphatic rings. The van der Waals surface area contributed by atoms with E-state index in [4.69, 9.17) is 0 Å². The third-order valence-electron chi connectivity index (χ3n) is 6.21. The summed E-state index contributed by atoms with van der Waals surface area (Å²) in [7, 11) is 0. The SMILES string of the molecule is CCCCCCCCCCCCCCCC(=O)CCN1CCCCCCC1. The first kappa shape index (κ1) is 24.7. The maximum atomic E-state index is 12.1. The molecule has 1 aliphatic heterocycles. The van der Waals surface area contributed by atoms with Gasteiger partial charge in [-0.25, -0.2) is 0 Å². The molecular weight excluding hydrogens is 330 g/mol. The predicted octanol–water partition coefficient (Wildman–Crippen LogP) is 7.69. The van der Waals surface area contributed by atoms with Crippen molar-refractivity contribution >= 4 is 5.78 Å². The van der Waals surface area contributed by atoms with Crippen molar-refractivity contribution in [1.29, 1.82) is 0 Å². The highest BCUT2D eigenvalue weighted by Gasteiger charge is 2.10. The minimum Gasteiger partial charge on any atom is -0.303 e. The number of hydrogen-bond donors (Lipinski definition) is 0. The van der Waals surface area contributed by atoms with Gasteiger partial charge in [0.1, 0.15) is 5.78 Å². The minimum atomic E-state index is 0.500. The summed E-state index contributed by atoms with van der Waals surface area (Å²) in [6.45, 7) is 5.73. The molecular formula is C25H49NO. The van der Waals surface area contributed by atoms with Crippen LogP contribution in [-0.2, 0) is 4.79 Å². The number of rotatable bonds is 17. The van der Waals surface area contributed by atoms with Gasteiger partial charge in [-0.2, -0.15) is 0 Å². The van der Waals surface area contributed by atoms with Crippen molar-refractivity contribution in [1.82, 2.24) is 4.90 Å². The van der Waals surface area contributed by atoms with E-state index in [0.29, 0.717) is 5.78 Å². The Labute approximate surface area is 170 Å². The molecule has 1 rings (SSSR count). The van der Waals surface area contributed by atoms with Gasteiger partial charge in [-0.05, 0) is 32.4 Å². The van der Waals surface area contributed by atoms with E-state index in [2.05, 4.69) is 11.8 Å². The maximum absolute atomic E-state index is 12.1. The molecule has 0 saturated carbocycles. The highest BCUT2D eigenvalue weighted by molar-refractivity contribution is 5.78. The van der Waals surface area contributed by atoms with Gasteiger partial charge < -0.3 is 4.90 Å². The van der Waals surface area contributed by atoms with Crippen LogP contribution >= 0.6 is 0 Å². The van der Waals surface area contributed by atoms with Crippen molar-refractivity contribution in [2.75, 3.05) is 19.6 Å². The molecule has 1 saturated heterocycles. The summed E-state index contributed by atoms with van der Waals surface area (Å²) < 4.78 is 0. The number of carbonyl (C=O) groups is 1. The second-order valence-electron chi connectivity index (χ2n) is 8.89. The number of Topliss-reactive ketones (excluding diaryl/α,β-unsaturated/α-hetero) is 1. The molecule has 2 heteroatoms. The molecule has 0 N–H and O–H groups in total. The Hall–Kier alpha value is -0.370.